The van der Waals surface area contributed by atoms with E-state index in [9.17, 15) is 27.3 Å². The summed E-state index contributed by atoms with van der Waals surface area (Å²) in [5.41, 5.74) is -0.390. The van der Waals surface area contributed by atoms with Crippen LogP contribution in [-0.2, 0) is 10.0 Å². The van der Waals surface area contributed by atoms with Crippen LogP contribution in [0, 0.1) is 10.1 Å². The van der Waals surface area contributed by atoms with Crippen molar-refractivity contribution in [1.82, 2.24) is 4.72 Å². The molecule has 8 nitrogen and oxygen atoms in total. The monoisotopic (exact) mass is 326 g/mol. The number of aliphatic hydroxyl groups excluding tert-OH is 1. The maximum absolute atomic E-state index is 12.1. The van der Waals surface area contributed by atoms with Crippen molar-refractivity contribution < 1.29 is 32.0 Å². The lowest BCUT2D eigenvalue weighted by molar-refractivity contribution is -0.385. The molecule has 0 bridgehead atoms. The van der Waals surface area contributed by atoms with Gasteiger partial charge in [-0.2, -0.15) is 0 Å². The van der Waals surface area contributed by atoms with Crippen LogP contribution in [0.3, 0.4) is 0 Å². The molecule has 0 aliphatic heterocycles. The lowest BCUT2D eigenvalue weighted by Gasteiger charge is -2.13. The predicted molar refractivity (Wildman–Crippen MR) is 66.8 cm³/mol. The van der Waals surface area contributed by atoms with Crippen molar-refractivity contribution in [3.63, 3.8) is 0 Å². The van der Waals surface area contributed by atoms with Gasteiger partial charge in [-0.1, -0.05) is 0 Å². The number of nitrogens with zero attached hydrogens (tertiary/aromatic N) is 1. The average Bonchev–Trinajstić information content (AvgIpc) is 2.43. The van der Waals surface area contributed by atoms with Crippen LogP contribution in [0.4, 0.5) is 14.5 Å². The third-order valence-electron chi connectivity index (χ3n) is 2.42. The molecule has 0 aliphatic rings. The molecule has 21 heavy (non-hydrogen) atoms. The predicted octanol–water partition coefficient (Wildman–Crippen LogP) is 0.508. The molecule has 0 saturated heterocycles. The van der Waals surface area contributed by atoms with Crippen molar-refractivity contribution in [2.75, 3.05) is 13.7 Å². The first-order chi connectivity index (χ1) is 9.69. The number of alkyl halides is 2. The molecule has 1 atom stereocenters. The van der Waals surface area contributed by atoms with Gasteiger partial charge in [0.15, 0.2) is 0 Å². The summed E-state index contributed by atoms with van der Waals surface area (Å²) in [6.07, 6.45) is -5.27. The van der Waals surface area contributed by atoms with Crippen LogP contribution in [0.15, 0.2) is 23.1 Å². The Kier molecular flexibility index (Phi) is 5.52. The van der Waals surface area contributed by atoms with Crippen molar-refractivity contribution in [2.45, 2.75) is 17.4 Å². The number of hydrogen-bond acceptors (Lipinski definition) is 6. The lowest BCUT2D eigenvalue weighted by atomic mass is 10.3. The molecule has 1 unspecified atom stereocenters. The second kappa shape index (κ2) is 6.74. The Morgan fingerprint density at radius 1 is 1.48 bits per heavy atom. The van der Waals surface area contributed by atoms with Crippen LogP contribution in [0.1, 0.15) is 0 Å². The minimum Gasteiger partial charge on any atom is -0.495 e. The molecule has 0 saturated carbocycles. The van der Waals surface area contributed by atoms with Gasteiger partial charge < -0.3 is 9.84 Å². The Balaban J connectivity index is 3.05. The average molecular weight is 326 g/mol. The summed E-state index contributed by atoms with van der Waals surface area (Å²) < 4.78 is 54.5. The highest BCUT2D eigenvalue weighted by molar-refractivity contribution is 7.89. The minimum atomic E-state index is -4.27. The molecule has 0 spiro atoms. The van der Waals surface area contributed by atoms with E-state index in [1.165, 1.54) is 0 Å². The van der Waals surface area contributed by atoms with Gasteiger partial charge in [0, 0.05) is 12.6 Å². The molecule has 0 amide bonds. The molecule has 118 valence electrons. The third-order valence-corrected chi connectivity index (χ3v) is 3.88. The summed E-state index contributed by atoms with van der Waals surface area (Å²) in [7, 11) is -3.16. The maximum Gasteiger partial charge on any atom is 0.273 e. The van der Waals surface area contributed by atoms with Gasteiger partial charge in [-0.15, -0.1) is 0 Å². The number of hydrogen-bond donors (Lipinski definition) is 2. The Bertz CT molecular complexity index is 622. The third kappa shape index (κ3) is 4.31. The van der Waals surface area contributed by atoms with E-state index in [0.717, 1.165) is 25.3 Å². The highest BCUT2D eigenvalue weighted by Crippen LogP contribution is 2.28. The van der Waals surface area contributed by atoms with Gasteiger partial charge >= 0.3 is 0 Å². The highest BCUT2D eigenvalue weighted by Gasteiger charge is 2.25. The first kappa shape index (κ1) is 17.2. The van der Waals surface area contributed by atoms with E-state index < -0.39 is 44.6 Å². The fraction of sp³-hybridized carbons (Fsp3) is 0.400. The summed E-state index contributed by atoms with van der Waals surface area (Å²) >= 11 is 0. The van der Waals surface area contributed by atoms with E-state index in [1.54, 1.807) is 4.72 Å². The SMILES string of the molecule is COc1cc([N+](=O)[O-])ccc1S(=O)(=O)NCC(O)C(F)F. The zero-order valence-corrected chi connectivity index (χ0v) is 11.5. The van der Waals surface area contributed by atoms with E-state index in [-0.39, 0.29) is 5.75 Å². The van der Waals surface area contributed by atoms with Gasteiger partial charge in [0.2, 0.25) is 10.0 Å². The summed E-state index contributed by atoms with van der Waals surface area (Å²) in [5.74, 6) is -0.316. The summed E-state index contributed by atoms with van der Waals surface area (Å²) in [5, 5.41) is 19.5. The maximum atomic E-state index is 12.1. The molecule has 1 aromatic carbocycles. The van der Waals surface area contributed by atoms with Crippen molar-refractivity contribution in [3.05, 3.63) is 28.3 Å². The normalized spacial score (nSPS) is 13.2. The molecule has 0 aliphatic carbocycles. The molecule has 2 N–H and O–H groups in total. The molecular weight excluding hydrogens is 314 g/mol. The summed E-state index contributed by atoms with van der Waals surface area (Å²) in [6, 6.07) is 2.73. The number of benzene rings is 1. The fourth-order valence-corrected chi connectivity index (χ4v) is 2.55. The van der Waals surface area contributed by atoms with Crippen LogP contribution in [-0.4, -0.2) is 44.6 Å². The van der Waals surface area contributed by atoms with Gasteiger partial charge in [0.1, 0.15) is 16.7 Å². The number of nitrogens with one attached hydrogen (secondary N) is 1. The van der Waals surface area contributed by atoms with Crippen LogP contribution >= 0.6 is 0 Å². The Hall–Kier alpha value is -1.85. The number of aliphatic hydroxyl groups is 1. The van der Waals surface area contributed by atoms with Crippen LogP contribution in [0.2, 0.25) is 0 Å². The van der Waals surface area contributed by atoms with E-state index in [1.807, 2.05) is 0 Å². The molecule has 0 fully saturated rings. The largest absolute Gasteiger partial charge is 0.495 e. The van der Waals surface area contributed by atoms with Gasteiger partial charge in [0.05, 0.1) is 18.1 Å². The standard InChI is InChI=1S/C10H12F2N2O6S/c1-20-8-4-6(14(16)17)2-3-9(8)21(18,19)13-5-7(15)10(11)12/h2-4,7,10,13,15H,5H2,1H3. The van der Waals surface area contributed by atoms with Crippen LogP contribution in [0.25, 0.3) is 0 Å². The Morgan fingerprint density at radius 3 is 2.57 bits per heavy atom. The molecule has 0 radical (unpaired) electrons. The van der Waals surface area contributed by atoms with E-state index in [4.69, 9.17) is 9.84 Å². The summed E-state index contributed by atoms with van der Waals surface area (Å²) in [6.45, 7) is -0.903. The fourth-order valence-electron chi connectivity index (χ4n) is 1.35. The van der Waals surface area contributed by atoms with Gasteiger partial charge in [-0.05, 0) is 6.07 Å². The lowest BCUT2D eigenvalue weighted by Crippen LogP contribution is -2.35. The van der Waals surface area contributed by atoms with Gasteiger partial charge in [-0.25, -0.2) is 21.9 Å². The highest BCUT2D eigenvalue weighted by atomic mass is 32.2. The number of methoxy groups -OCH3 is 1. The second-order valence-electron chi connectivity index (χ2n) is 3.85. The van der Waals surface area contributed by atoms with Crippen molar-refractivity contribution >= 4 is 15.7 Å². The van der Waals surface area contributed by atoms with Gasteiger partial charge in [0.25, 0.3) is 12.1 Å². The van der Waals surface area contributed by atoms with Crippen LogP contribution < -0.4 is 9.46 Å². The molecule has 11 heteroatoms. The number of nitro groups is 1. The van der Waals surface area contributed by atoms with Gasteiger partial charge in [-0.3, -0.25) is 10.1 Å². The van der Waals surface area contributed by atoms with E-state index in [2.05, 4.69) is 0 Å². The number of rotatable bonds is 7. The zero-order valence-electron chi connectivity index (χ0n) is 10.7. The number of ether oxygens (including phenoxy) is 1. The molecule has 1 aromatic rings. The molecular formula is C10H12F2N2O6S. The summed E-state index contributed by atoms with van der Waals surface area (Å²) in [4.78, 5) is 9.38. The van der Waals surface area contributed by atoms with E-state index in [0.29, 0.717) is 0 Å². The first-order valence-corrected chi connectivity index (χ1v) is 6.95. The molecule has 0 heterocycles. The molecule has 1 rings (SSSR count). The van der Waals surface area contributed by atoms with Crippen molar-refractivity contribution in [1.29, 1.82) is 0 Å². The second-order valence-corrected chi connectivity index (χ2v) is 5.58. The Morgan fingerprint density at radius 2 is 2.10 bits per heavy atom. The smallest absolute Gasteiger partial charge is 0.273 e. The number of nitro benzene ring substituents is 1. The minimum absolute atomic E-state index is 0.316. The quantitative estimate of drug-likeness (QED) is 0.556. The Labute approximate surface area is 118 Å². The van der Waals surface area contributed by atoms with Crippen molar-refractivity contribution in [3.8, 4) is 5.75 Å². The number of halogens is 2. The molecule has 0 aromatic heterocycles. The van der Waals surface area contributed by atoms with Crippen LogP contribution in [0.5, 0.6) is 5.75 Å². The first-order valence-electron chi connectivity index (χ1n) is 5.47. The zero-order chi connectivity index (χ0) is 16.2. The topological polar surface area (TPSA) is 119 Å². The van der Waals surface area contributed by atoms with E-state index >= 15 is 0 Å². The number of sulfonamides is 1. The van der Waals surface area contributed by atoms with Crippen molar-refractivity contribution in [2.24, 2.45) is 0 Å². The number of non-ortho nitro benzene ring substituents is 1.